The van der Waals surface area contributed by atoms with Gasteiger partial charge >= 0.3 is 6.09 Å². The zero-order valence-electron chi connectivity index (χ0n) is 19.4. The van der Waals surface area contributed by atoms with Crippen molar-refractivity contribution in [1.82, 2.24) is 0 Å². The van der Waals surface area contributed by atoms with E-state index in [1.54, 1.807) is 14.2 Å². The van der Waals surface area contributed by atoms with Crippen LogP contribution < -0.4 is 15.0 Å². The molecule has 1 N–H and O–H groups in total. The molecular weight excluding hydrogens is 404 g/mol. The summed E-state index contributed by atoms with van der Waals surface area (Å²) in [6, 6.07) is 11.8. The van der Waals surface area contributed by atoms with E-state index in [2.05, 4.69) is 11.4 Å². The Balaban J connectivity index is 1.87. The first kappa shape index (κ1) is 22.2. The molecule has 0 aromatic heterocycles. The fourth-order valence-electron chi connectivity index (χ4n) is 5.57. The van der Waals surface area contributed by atoms with E-state index >= 15 is 0 Å². The average molecular weight is 437 g/mol. The highest BCUT2D eigenvalue weighted by Crippen LogP contribution is 2.53. The molecule has 1 fully saturated rings. The summed E-state index contributed by atoms with van der Waals surface area (Å²) in [4.78, 5) is 27.3. The monoisotopic (exact) mass is 436 g/mol. The number of carbonyl (C=O) groups excluding carboxylic acids is 2. The molecule has 1 heterocycles. The molecule has 1 saturated carbocycles. The van der Waals surface area contributed by atoms with Gasteiger partial charge in [-0.05, 0) is 55.0 Å². The minimum absolute atomic E-state index is 0.0322. The molecule has 0 radical (unpaired) electrons. The Labute approximate surface area is 189 Å². The number of anilines is 2. The van der Waals surface area contributed by atoms with Crippen molar-refractivity contribution >= 4 is 23.4 Å². The van der Waals surface area contributed by atoms with E-state index in [0.717, 1.165) is 59.5 Å². The fraction of sp³-hybridized carbons (Fsp3) is 0.462. The van der Waals surface area contributed by atoms with Gasteiger partial charge in [-0.25, -0.2) is 4.79 Å². The highest BCUT2D eigenvalue weighted by atomic mass is 16.5. The molecule has 0 saturated heterocycles. The second kappa shape index (κ2) is 8.85. The summed E-state index contributed by atoms with van der Waals surface area (Å²) in [6.45, 7) is 2.00. The van der Waals surface area contributed by atoms with Gasteiger partial charge in [0.1, 0.15) is 11.2 Å². The number of methoxy groups -OCH3 is 2. The zero-order valence-corrected chi connectivity index (χ0v) is 19.4. The Morgan fingerprint density at radius 1 is 1.03 bits per heavy atom. The molecule has 1 aliphatic heterocycles. The van der Waals surface area contributed by atoms with Gasteiger partial charge in [-0.2, -0.15) is 0 Å². The molecule has 2 aromatic rings. The van der Waals surface area contributed by atoms with Crippen LogP contribution in [0, 0.1) is 12.8 Å². The van der Waals surface area contributed by atoms with Gasteiger partial charge in [-0.15, -0.1) is 0 Å². The predicted octanol–water partition coefficient (Wildman–Crippen LogP) is 5.41. The molecule has 6 nitrogen and oxygen atoms in total. The summed E-state index contributed by atoms with van der Waals surface area (Å²) in [5, 5.41) is 3.21. The van der Waals surface area contributed by atoms with Gasteiger partial charge in [0, 0.05) is 18.3 Å². The second-order valence-electron chi connectivity index (χ2n) is 8.84. The lowest BCUT2D eigenvalue weighted by molar-refractivity contribution is -0.121. The third-order valence-electron chi connectivity index (χ3n) is 7.28. The third-order valence-corrected chi connectivity index (χ3v) is 7.28. The summed E-state index contributed by atoms with van der Waals surface area (Å²) >= 11 is 0. The minimum Gasteiger partial charge on any atom is -0.496 e. The van der Waals surface area contributed by atoms with E-state index in [0.29, 0.717) is 0 Å². The van der Waals surface area contributed by atoms with E-state index < -0.39 is 11.5 Å². The van der Waals surface area contributed by atoms with Gasteiger partial charge in [0.25, 0.3) is 0 Å². The average Bonchev–Trinajstić information content (AvgIpc) is 2.96. The lowest BCUT2D eigenvalue weighted by Gasteiger charge is -2.36. The maximum Gasteiger partial charge on any atom is 0.413 e. The number of nitrogens with one attached hydrogen (secondary N) is 1. The van der Waals surface area contributed by atoms with Crippen LogP contribution in [0.25, 0.3) is 0 Å². The van der Waals surface area contributed by atoms with Gasteiger partial charge in [0.05, 0.1) is 19.9 Å². The summed E-state index contributed by atoms with van der Waals surface area (Å²) in [7, 11) is 4.69. The maximum atomic E-state index is 13.9. The number of amides is 2. The van der Waals surface area contributed by atoms with Gasteiger partial charge in [0.15, 0.2) is 0 Å². The molecular formula is C26H32N2O4. The summed E-state index contributed by atoms with van der Waals surface area (Å²) in [5.41, 5.74) is 3.79. The Bertz CT molecular complexity index is 1010. The second-order valence-corrected chi connectivity index (χ2v) is 8.84. The predicted molar refractivity (Wildman–Crippen MR) is 126 cm³/mol. The number of hydrogen-bond acceptors (Lipinski definition) is 4. The van der Waals surface area contributed by atoms with Crippen molar-refractivity contribution in [3.8, 4) is 5.75 Å². The van der Waals surface area contributed by atoms with Crippen LogP contribution in [0.2, 0.25) is 0 Å². The van der Waals surface area contributed by atoms with Crippen LogP contribution in [-0.2, 0) is 14.9 Å². The molecule has 1 unspecified atom stereocenters. The molecule has 4 rings (SSSR count). The lowest BCUT2D eigenvalue weighted by Crippen LogP contribution is -2.43. The van der Waals surface area contributed by atoms with Gasteiger partial charge in [0.2, 0.25) is 5.91 Å². The van der Waals surface area contributed by atoms with Crippen LogP contribution in [0.3, 0.4) is 0 Å². The van der Waals surface area contributed by atoms with Crippen molar-refractivity contribution in [2.45, 2.75) is 50.9 Å². The SMILES string of the molecule is COC(=O)N(C)c1ccc(C2(C3CCCCCC3)C(=O)Nc3c2ccc(OC)c3C)cc1. The number of carbonyl (C=O) groups is 2. The van der Waals surface area contributed by atoms with Crippen LogP contribution in [0.4, 0.5) is 16.2 Å². The highest BCUT2D eigenvalue weighted by molar-refractivity contribution is 6.10. The number of benzene rings is 2. The lowest BCUT2D eigenvalue weighted by atomic mass is 9.64. The standard InChI is InChI=1S/C26H32N2O4/c1-17-22(31-3)16-15-21-23(17)27-24(29)26(21,18-9-7-5-6-8-10-18)19-11-13-20(14-12-19)28(2)25(30)32-4/h11-16,18H,5-10H2,1-4H3,(H,27,29). The van der Waals surface area contributed by atoms with E-state index in [1.807, 2.05) is 37.3 Å². The number of hydrogen-bond donors (Lipinski definition) is 1. The van der Waals surface area contributed by atoms with Crippen LogP contribution in [-0.4, -0.2) is 33.3 Å². The van der Waals surface area contributed by atoms with E-state index in [-0.39, 0.29) is 11.8 Å². The normalized spacial score (nSPS) is 20.8. The fourth-order valence-corrected chi connectivity index (χ4v) is 5.57. The topological polar surface area (TPSA) is 67.9 Å². The summed E-state index contributed by atoms with van der Waals surface area (Å²) in [6.07, 6.45) is 6.30. The molecule has 0 spiro atoms. The first-order chi connectivity index (χ1) is 15.4. The largest absolute Gasteiger partial charge is 0.496 e. The zero-order chi connectivity index (χ0) is 22.9. The minimum atomic E-state index is -0.751. The number of rotatable bonds is 4. The molecule has 0 bridgehead atoms. The van der Waals surface area contributed by atoms with Gasteiger partial charge < -0.3 is 14.8 Å². The van der Waals surface area contributed by atoms with Crippen LogP contribution in [0.15, 0.2) is 36.4 Å². The molecule has 32 heavy (non-hydrogen) atoms. The van der Waals surface area contributed by atoms with E-state index in [1.165, 1.54) is 24.9 Å². The van der Waals surface area contributed by atoms with E-state index in [9.17, 15) is 9.59 Å². The third kappa shape index (κ3) is 3.42. The Kier molecular flexibility index (Phi) is 6.13. The summed E-state index contributed by atoms with van der Waals surface area (Å²) in [5.74, 6) is 1.02. The van der Waals surface area contributed by atoms with Crippen LogP contribution in [0.5, 0.6) is 5.75 Å². The quantitative estimate of drug-likeness (QED) is 0.650. The van der Waals surface area contributed by atoms with Crippen molar-refractivity contribution in [3.63, 3.8) is 0 Å². The van der Waals surface area contributed by atoms with Crippen molar-refractivity contribution < 1.29 is 19.1 Å². The number of fused-ring (bicyclic) bond motifs is 1. The Morgan fingerprint density at radius 2 is 1.69 bits per heavy atom. The molecule has 2 amide bonds. The smallest absolute Gasteiger partial charge is 0.413 e. The summed E-state index contributed by atoms with van der Waals surface area (Å²) < 4.78 is 10.4. The highest BCUT2D eigenvalue weighted by Gasteiger charge is 2.53. The van der Waals surface area contributed by atoms with E-state index in [4.69, 9.17) is 9.47 Å². The Hall–Kier alpha value is -3.02. The van der Waals surface area contributed by atoms with Gasteiger partial charge in [-0.1, -0.05) is 43.9 Å². The van der Waals surface area contributed by atoms with Crippen LogP contribution in [0.1, 0.15) is 55.2 Å². The molecule has 2 aromatic carbocycles. The Morgan fingerprint density at radius 3 is 2.28 bits per heavy atom. The first-order valence-electron chi connectivity index (χ1n) is 11.4. The maximum absolute atomic E-state index is 13.9. The molecule has 2 aliphatic rings. The van der Waals surface area contributed by atoms with Gasteiger partial charge in [-0.3, -0.25) is 9.69 Å². The van der Waals surface area contributed by atoms with Crippen molar-refractivity contribution in [1.29, 1.82) is 0 Å². The van der Waals surface area contributed by atoms with Crippen molar-refractivity contribution in [2.75, 3.05) is 31.5 Å². The van der Waals surface area contributed by atoms with Crippen molar-refractivity contribution in [2.24, 2.45) is 5.92 Å². The number of ether oxygens (including phenoxy) is 2. The first-order valence-corrected chi connectivity index (χ1v) is 11.4. The molecule has 1 aliphatic carbocycles. The molecule has 170 valence electrons. The molecule has 1 atom stereocenters. The number of nitrogens with zero attached hydrogens (tertiary/aromatic N) is 1. The van der Waals surface area contributed by atoms with Crippen molar-refractivity contribution in [3.05, 3.63) is 53.1 Å². The molecule has 6 heteroatoms. The van der Waals surface area contributed by atoms with Crippen LogP contribution >= 0.6 is 0 Å².